The normalized spacial score (nSPS) is 30.2. The highest BCUT2D eigenvalue weighted by molar-refractivity contribution is 8.02. The highest BCUT2D eigenvalue weighted by Crippen LogP contribution is 2.69. The third kappa shape index (κ3) is 4.38. The van der Waals surface area contributed by atoms with E-state index in [4.69, 9.17) is 11.6 Å². The number of likely N-dealkylation sites (tertiary alicyclic amines) is 1. The van der Waals surface area contributed by atoms with Crippen LogP contribution in [0.4, 0.5) is 5.69 Å². The molecule has 7 nitrogen and oxygen atoms in total. The van der Waals surface area contributed by atoms with Crippen LogP contribution in [-0.2, 0) is 14.4 Å². The fourth-order valence-corrected chi connectivity index (χ4v) is 9.40. The number of amides is 3. The minimum Gasteiger partial charge on any atom is -0.394 e. The van der Waals surface area contributed by atoms with Crippen LogP contribution in [0.3, 0.4) is 0 Å². The van der Waals surface area contributed by atoms with Gasteiger partial charge in [0.05, 0.1) is 39.9 Å². The monoisotopic (exact) mass is 559 g/mol. The summed E-state index contributed by atoms with van der Waals surface area (Å²) in [4.78, 5) is 47.7. The molecule has 3 aliphatic rings. The molecule has 206 valence electrons. The highest BCUT2D eigenvalue weighted by atomic mass is 35.5. The lowest BCUT2D eigenvalue weighted by Gasteiger charge is -2.42. The number of hydrogen-bond acceptors (Lipinski definition) is 5. The van der Waals surface area contributed by atoms with Gasteiger partial charge in [-0.25, -0.2) is 0 Å². The zero-order valence-corrected chi connectivity index (χ0v) is 24.0. The number of nitrogens with zero attached hydrogens (tertiary/aromatic N) is 3. The highest BCUT2D eigenvalue weighted by Gasteiger charge is 2.76. The number of carbonyl (C=O) groups excluding carboxylic acids is 3. The van der Waals surface area contributed by atoms with Crippen molar-refractivity contribution in [3.05, 3.63) is 54.6 Å². The number of benzene rings is 1. The largest absolute Gasteiger partial charge is 0.394 e. The quantitative estimate of drug-likeness (QED) is 0.414. The van der Waals surface area contributed by atoms with Gasteiger partial charge in [-0.15, -0.1) is 24.9 Å². The third-order valence-corrected chi connectivity index (χ3v) is 10.7. The second-order valence-electron chi connectivity index (χ2n) is 10.6. The summed E-state index contributed by atoms with van der Waals surface area (Å²) in [5.41, 5.74) is 0.542. The van der Waals surface area contributed by atoms with E-state index < -0.39 is 28.7 Å². The van der Waals surface area contributed by atoms with Crippen molar-refractivity contribution in [2.45, 2.75) is 55.7 Å². The average Bonchev–Trinajstić information content (AvgIpc) is 3.50. The van der Waals surface area contributed by atoms with Gasteiger partial charge in [0, 0.05) is 24.9 Å². The molecule has 3 aliphatic heterocycles. The van der Waals surface area contributed by atoms with Crippen molar-refractivity contribution < 1.29 is 19.5 Å². The first-order valence-electron chi connectivity index (χ1n) is 13.4. The zero-order chi connectivity index (χ0) is 27.8. The molecule has 4 rings (SSSR count). The Bertz CT molecular complexity index is 1120. The molecule has 0 aromatic heterocycles. The number of halogens is 1. The van der Waals surface area contributed by atoms with Gasteiger partial charge in [-0.1, -0.05) is 49.7 Å². The van der Waals surface area contributed by atoms with Crippen LogP contribution in [0.25, 0.3) is 0 Å². The van der Waals surface area contributed by atoms with Crippen molar-refractivity contribution in [1.82, 2.24) is 9.80 Å². The Morgan fingerprint density at radius 3 is 2.55 bits per heavy atom. The van der Waals surface area contributed by atoms with Gasteiger partial charge >= 0.3 is 0 Å². The minimum absolute atomic E-state index is 0.0243. The summed E-state index contributed by atoms with van der Waals surface area (Å²) < 4.78 is -0.782. The van der Waals surface area contributed by atoms with Crippen LogP contribution < -0.4 is 4.90 Å². The molecule has 0 aliphatic carbocycles. The minimum atomic E-state index is -0.847. The number of carbonyl (C=O) groups is 3. The summed E-state index contributed by atoms with van der Waals surface area (Å²) in [5.74, 6) is -1.67. The van der Waals surface area contributed by atoms with Crippen LogP contribution in [-0.4, -0.2) is 80.9 Å². The number of aliphatic hydroxyl groups excluding tert-OH is 1. The molecule has 1 spiro atoms. The Morgan fingerprint density at radius 2 is 1.95 bits per heavy atom. The fourth-order valence-electron chi connectivity index (χ4n) is 6.77. The number of fused-ring (bicyclic) bond motifs is 1. The van der Waals surface area contributed by atoms with E-state index >= 15 is 0 Å². The molecule has 3 unspecified atom stereocenters. The first-order chi connectivity index (χ1) is 18.2. The van der Waals surface area contributed by atoms with Crippen LogP contribution in [0, 0.1) is 17.8 Å². The number of aliphatic hydroxyl groups is 1. The number of anilines is 1. The van der Waals surface area contributed by atoms with E-state index in [1.807, 2.05) is 13.0 Å². The summed E-state index contributed by atoms with van der Waals surface area (Å²) in [6.45, 7) is 14.4. The Labute approximate surface area is 234 Å². The van der Waals surface area contributed by atoms with Gasteiger partial charge in [0.15, 0.2) is 0 Å². The van der Waals surface area contributed by atoms with Crippen LogP contribution in [0.2, 0.25) is 5.02 Å². The van der Waals surface area contributed by atoms with E-state index in [1.165, 1.54) is 0 Å². The molecule has 2 bridgehead atoms. The Kier molecular flexibility index (Phi) is 8.65. The van der Waals surface area contributed by atoms with E-state index in [2.05, 4.69) is 20.1 Å². The fraction of sp³-hybridized carbons (Fsp3) is 0.552. The van der Waals surface area contributed by atoms with Crippen molar-refractivity contribution in [2.24, 2.45) is 17.8 Å². The number of para-hydroxylation sites is 1. The van der Waals surface area contributed by atoms with Gasteiger partial charge in [0.2, 0.25) is 11.8 Å². The summed E-state index contributed by atoms with van der Waals surface area (Å²) in [6, 6.07) is 5.69. The molecule has 9 heteroatoms. The Hall–Kier alpha value is -2.29. The van der Waals surface area contributed by atoms with Crippen LogP contribution in [0.5, 0.6) is 0 Å². The topological polar surface area (TPSA) is 81.2 Å². The van der Waals surface area contributed by atoms with Crippen molar-refractivity contribution in [2.75, 3.05) is 31.1 Å². The standard InChI is InChI=1S/C29H38ClN3O4S/c1-6-13-31(14-7-2)26(35)23-22-16-18(4)29(38-22)24(23)27(36)33(19(5)17-34)25(29)28(37)32(15-8-3)21-12-10-9-11-20(21)30/h6,8-12,18-19,22-25,34H,1,3,7,13-17H2,2,4-5H3/t18?,19-,22+,23-,24+,25?,29?/m1/s1. The summed E-state index contributed by atoms with van der Waals surface area (Å²) >= 11 is 8.15. The predicted molar refractivity (Wildman–Crippen MR) is 153 cm³/mol. The molecule has 1 aromatic carbocycles. The molecular weight excluding hydrogens is 522 g/mol. The lowest BCUT2D eigenvalue weighted by molar-refractivity contribution is -0.145. The summed E-state index contributed by atoms with van der Waals surface area (Å²) in [5, 5.41) is 10.5. The molecule has 3 amide bonds. The second-order valence-corrected chi connectivity index (χ2v) is 12.5. The van der Waals surface area contributed by atoms with Crippen LogP contribution >= 0.6 is 23.4 Å². The SMILES string of the molecule is C=CCN(CCC)C(=O)[C@@H]1[C@@H]2CC(C)C3(S2)C(C(=O)N(CC=C)c2ccccc2Cl)N([C@H](C)CO)C(=O)[C@H]13. The van der Waals surface area contributed by atoms with Gasteiger partial charge in [0.1, 0.15) is 6.04 Å². The maximum Gasteiger partial charge on any atom is 0.251 e. The van der Waals surface area contributed by atoms with E-state index in [0.29, 0.717) is 23.8 Å². The zero-order valence-electron chi connectivity index (χ0n) is 22.4. The van der Waals surface area contributed by atoms with Crippen molar-refractivity contribution in [3.8, 4) is 0 Å². The second kappa shape index (κ2) is 11.4. The number of thioether (sulfide) groups is 1. The molecule has 0 radical (unpaired) electrons. The molecule has 3 fully saturated rings. The van der Waals surface area contributed by atoms with Gasteiger partial charge in [-0.3, -0.25) is 14.4 Å². The van der Waals surface area contributed by atoms with Gasteiger partial charge in [0.25, 0.3) is 5.91 Å². The van der Waals surface area contributed by atoms with E-state index in [1.54, 1.807) is 63.7 Å². The number of hydrogen-bond donors (Lipinski definition) is 1. The van der Waals surface area contributed by atoms with Gasteiger partial charge in [-0.2, -0.15) is 0 Å². The molecule has 0 saturated carbocycles. The average molecular weight is 560 g/mol. The molecule has 7 atom stereocenters. The molecule has 1 N–H and O–H groups in total. The van der Waals surface area contributed by atoms with E-state index in [-0.39, 0.29) is 42.0 Å². The maximum atomic E-state index is 14.6. The molecule has 3 heterocycles. The smallest absolute Gasteiger partial charge is 0.251 e. The van der Waals surface area contributed by atoms with Crippen LogP contribution in [0.15, 0.2) is 49.6 Å². The molecule has 38 heavy (non-hydrogen) atoms. The molecular formula is C29H38ClN3O4S. The molecule has 3 saturated heterocycles. The third-order valence-electron chi connectivity index (χ3n) is 8.32. The first kappa shape index (κ1) is 28.7. The van der Waals surface area contributed by atoms with Crippen LogP contribution in [0.1, 0.15) is 33.6 Å². The first-order valence-corrected chi connectivity index (χ1v) is 14.6. The van der Waals surface area contributed by atoms with Crippen molar-refractivity contribution >= 4 is 46.8 Å². The Balaban J connectivity index is 1.83. The van der Waals surface area contributed by atoms with Gasteiger partial charge in [-0.05, 0) is 37.8 Å². The number of rotatable bonds is 11. The Morgan fingerprint density at radius 1 is 1.26 bits per heavy atom. The summed E-state index contributed by atoms with van der Waals surface area (Å²) in [6.07, 6.45) is 4.90. The summed E-state index contributed by atoms with van der Waals surface area (Å²) in [7, 11) is 0. The van der Waals surface area contributed by atoms with E-state index in [9.17, 15) is 19.5 Å². The van der Waals surface area contributed by atoms with Gasteiger partial charge < -0.3 is 19.8 Å². The van der Waals surface area contributed by atoms with Crippen molar-refractivity contribution in [1.29, 1.82) is 0 Å². The lowest BCUT2D eigenvalue weighted by atomic mass is 9.65. The maximum absolute atomic E-state index is 14.6. The van der Waals surface area contributed by atoms with Crippen molar-refractivity contribution in [3.63, 3.8) is 0 Å². The molecule has 1 aromatic rings. The lowest BCUT2D eigenvalue weighted by Crippen LogP contribution is -2.59. The predicted octanol–water partition coefficient (Wildman–Crippen LogP) is 4.00. The van der Waals surface area contributed by atoms with E-state index in [0.717, 1.165) is 12.8 Å².